The van der Waals surface area contributed by atoms with Crippen LogP contribution < -0.4 is 0 Å². The van der Waals surface area contributed by atoms with Crippen LogP contribution in [0.1, 0.15) is 5.82 Å². The highest BCUT2D eigenvalue weighted by Gasteiger charge is 1.94. The van der Waals surface area contributed by atoms with Gasteiger partial charge in [0, 0.05) is 14.1 Å². The molecule has 1 heterocycles. The highest BCUT2D eigenvalue weighted by Crippen LogP contribution is 1.85. The first-order chi connectivity index (χ1) is 5.20. The third-order valence-electron chi connectivity index (χ3n) is 0.996. The number of rotatable bonds is 2. The fourth-order valence-corrected chi connectivity index (χ4v) is 0.486. The van der Waals surface area contributed by atoms with Gasteiger partial charge in [-0.25, -0.2) is 0 Å². The molecular weight excluding hydrogens is 144 g/mol. The van der Waals surface area contributed by atoms with Gasteiger partial charge in [0.25, 0.3) is 0 Å². The largest absolute Gasteiger partial charge is 0.367 e. The van der Waals surface area contributed by atoms with Crippen molar-refractivity contribution in [3.8, 4) is 0 Å². The summed E-state index contributed by atoms with van der Waals surface area (Å²) in [4.78, 5) is 3.17. The first-order valence-electron chi connectivity index (χ1n) is 3.16. The summed E-state index contributed by atoms with van der Waals surface area (Å²) in [5, 5.41) is 14.7. The number of aromatic nitrogens is 4. The van der Waals surface area contributed by atoms with E-state index in [4.69, 9.17) is 0 Å². The first kappa shape index (κ1) is 7.64. The summed E-state index contributed by atoms with van der Waals surface area (Å²) in [5.41, 5.74) is 0. The Morgan fingerprint density at radius 3 is 2.73 bits per heavy atom. The van der Waals surface area contributed by atoms with Crippen molar-refractivity contribution in [1.29, 1.82) is 0 Å². The lowest BCUT2D eigenvalue weighted by molar-refractivity contribution is 0.609. The molecule has 0 aliphatic carbocycles. The van der Waals surface area contributed by atoms with Gasteiger partial charge in [-0.15, -0.1) is 15.0 Å². The third-order valence-corrected chi connectivity index (χ3v) is 0.996. The molecule has 0 saturated carbocycles. The van der Waals surface area contributed by atoms with Crippen LogP contribution in [0.4, 0.5) is 0 Å². The van der Waals surface area contributed by atoms with Crippen molar-refractivity contribution in [2.45, 2.75) is 6.92 Å². The Hall–Kier alpha value is -1.46. The molecule has 1 aromatic heterocycles. The van der Waals surface area contributed by atoms with Gasteiger partial charge in [0.05, 0.1) is 0 Å². The Morgan fingerprint density at radius 2 is 2.27 bits per heavy atom. The minimum absolute atomic E-state index is 0.670. The van der Waals surface area contributed by atoms with E-state index in [9.17, 15) is 0 Å². The lowest BCUT2D eigenvalue weighted by atomic mass is 10.8. The number of nitrogens with zero attached hydrogens (tertiary/aromatic N) is 6. The van der Waals surface area contributed by atoms with E-state index < -0.39 is 0 Å². The van der Waals surface area contributed by atoms with E-state index in [2.05, 4.69) is 20.6 Å². The minimum atomic E-state index is 0.670. The van der Waals surface area contributed by atoms with Gasteiger partial charge < -0.3 is 4.90 Å². The molecule has 6 heteroatoms. The first-order valence-corrected chi connectivity index (χ1v) is 3.16. The Labute approximate surface area is 64.5 Å². The van der Waals surface area contributed by atoms with Crippen molar-refractivity contribution >= 4 is 6.34 Å². The molecule has 0 spiro atoms. The summed E-state index contributed by atoms with van der Waals surface area (Å²) in [6.07, 6.45) is 1.63. The number of aryl methyl sites for hydroxylation is 1. The molecule has 0 atom stereocenters. The van der Waals surface area contributed by atoms with E-state index in [1.54, 1.807) is 18.2 Å². The molecular formula is C5H10N6. The van der Waals surface area contributed by atoms with Crippen molar-refractivity contribution in [1.82, 2.24) is 25.2 Å². The maximum Gasteiger partial charge on any atom is 0.173 e. The molecule has 0 unspecified atom stereocenters. The zero-order valence-electron chi connectivity index (χ0n) is 6.76. The standard InChI is InChI=1S/C5H10N6/c1-5-7-8-9-11(5)6-4-10(2)3/h4H,1-3H3/b6-4+. The van der Waals surface area contributed by atoms with Gasteiger partial charge in [-0.2, -0.15) is 0 Å². The summed E-state index contributed by atoms with van der Waals surface area (Å²) in [6, 6.07) is 0. The highest BCUT2D eigenvalue weighted by atomic mass is 15.7. The Kier molecular flexibility index (Phi) is 2.15. The number of tetrazole rings is 1. The maximum absolute atomic E-state index is 3.95. The van der Waals surface area contributed by atoms with E-state index in [0.29, 0.717) is 5.82 Å². The molecule has 11 heavy (non-hydrogen) atoms. The van der Waals surface area contributed by atoms with E-state index in [-0.39, 0.29) is 0 Å². The van der Waals surface area contributed by atoms with Crippen LogP contribution in [-0.2, 0) is 0 Å². The van der Waals surface area contributed by atoms with Crippen molar-refractivity contribution in [3.05, 3.63) is 5.82 Å². The molecule has 0 aromatic carbocycles. The van der Waals surface area contributed by atoms with Crippen LogP contribution in [0, 0.1) is 6.92 Å². The van der Waals surface area contributed by atoms with E-state index in [0.717, 1.165) is 0 Å². The average molecular weight is 154 g/mol. The molecule has 0 saturated heterocycles. The molecule has 1 aromatic rings. The summed E-state index contributed by atoms with van der Waals surface area (Å²) in [7, 11) is 3.76. The maximum atomic E-state index is 3.95. The predicted octanol–water partition coefficient (Wildman–Crippen LogP) is -0.665. The minimum Gasteiger partial charge on any atom is -0.367 e. The topological polar surface area (TPSA) is 59.2 Å². The zero-order chi connectivity index (χ0) is 8.27. The van der Waals surface area contributed by atoms with Gasteiger partial charge in [0.15, 0.2) is 5.82 Å². The van der Waals surface area contributed by atoms with Crippen LogP contribution in [0.5, 0.6) is 0 Å². The average Bonchev–Trinajstić information content (AvgIpc) is 2.31. The van der Waals surface area contributed by atoms with Crippen molar-refractivity contribution in [3.63, 3.8) is 0 Å². The van der Waals surface area contributed by atoms with E-state index in [1.165, 1.54) is 4.79 Å². The van der Waals surface area contributed by atoms with E-state index >= 15 is 0 Å². The molecule has 0 bridgehead atoms. The number of hydrogen-bond acceptors (Lipinski definition) is 4. The SMILES string of the molecule is Cc1nnnn1/N=C/N(C)C. The van der Waals surface area contributed by atoms with Gasteiger partial charge in [-0.05, 0) is 17.4 Å². The van der Waals surface area contributed by atoms with Crippen LogP contribution in [0.2, 0.25) is 0 Å². The molecule has 0 radical (unpaired) electrons. The smallest absolute Gasteiger partial charge is 0.173 e. The van der Waals surface area contributed by atoms with Crippen LogP contribution >= 0.6 is 0 Å². The molecule has 0 amide bonds. The lowest BCUT2D eigenvalue weighted by Crippen LogP contribution is -2.10. The Balaban J connectivity index is 2.71. The molecule has 0 aliphatic rings. The quantitative estimate of drug-likeness (QED) is 0.419. The van der Waals surface area contributed by atoms with Crippen LogP contribution in [-0.4, -0.2) is 45.7 Å². The fraction of sp³-hybridized carbons (Fsp3) is 0.600. The molecule has 60 valence electrons. The number of hydrogen-bond donors (Lipinski definition) is 0. The lowest BCUT2D eigenvalue weighted by Gasteiger charge is -2.00. The second-order valence-corrected chi connectivity index (χ2v) is 2.31. The van der Waals surface area contributed by atoms with Gasteiger partial charge in [0.1, 0.15) is 6.34 Å². The van der Waals surface area contributed by atoms with Gasteiger partial charge in [-0.1, -0.05) is 0 Å². The van der Waals surface area contributed by atoms with Crippen molar-refractivity contribution < 1.29 is 0 Å². The summed E-state index contributed by atoms with van der Waals surface area (Å²) in [6.45, 7) is 1.78. The second kappa shape index (κ2) is 3.09. The van der Waals surface area contributed by atoms with Crippen LogP contribution in [0.15, 0.2) is 5.10 Å². The molecule has 0 aliphatic heterocycles. The summed E-state index contributed by atoms with van der Waals surface area (Å²) in [5.74, 6) is 0.670. The molecule has 0 fully saturated rings. The van der Waals surface area contributed by atoms with Crippen molar-refractivity contribution in [2.24, 2.45) is 5.10 Å². The van der Waals surface area contributed by atoms with Crippen LogP contribution in [0.25, 0.3) is 0 Å². The van der Waals surface area contributed by atoms with Crippen molar-refractivity contribution in [2.75, 3.05) is 14.1 Å². The fourth-order valence-electron chi connectivity index (χ4n) is 0.486. The van der Waals surface area contributed by atoms with Gasteiger partial charge in [-0.3, -0.25) is 0 Å². The van der Waals surface area contributed by atoms with Gasteiger partial charge >= 0.3 is 0 Å². The predicted molar refractivity (Wildman–Crippen MR) is 40.1 cm³/mol. The molecule has 6 nitrogen and oxygen atoms in total. The summed E-state index contributed by atoms with van der Waals surface area (Å²) < 4.78 is 0. The molecule has 1 rings (SSSR count). The monoisotopic (exact) mass is 154 g/mol. The highest BCUT2D eigenvalue weighted by molar-refractivity contribution is 5.53. The Morgan fingerprint density at radius 1 is 1.55 bits per heavy atom. The van der Waals surface area contributed by atoms with Crippen LogP contribution in [0.3, 0.4) is 0 Å². The Bertz CT molecular complexity index is 249. The zero-order valence-corrected chi connectivity index (χ0v) is 6.76. The third kappa shape index (κ3) is 1.99. The second-order valence-electron chi connectivity index (χ2n) is 2.31. The van der Waals surface area contributed by atoms with E-state index in [1.807, 2.05) is 14.1 Å². The normalized spacial score (nSPS) is 10.8. The van der Waals surface area contributed by atoms with Gasteiger partial charge in [0.2, 0.25) is 0 Å². The summed E-state index contributed by atoms with van der Waals surface area (Å²) >= 11 is 0. The molecule has 0 N–H and O–H groups in total.